The molecule has 3 aliphatic rings. The van der Waals surface area contributed by atoms with E-state index < -0.39 is 0 Å². The van der Waals surface area contributed by atoms with Gasteiger partial charge in [-0.15, -0.1) is 0 Å². The van der Waals surface area contributed by atoms with Crippen molar-refractivity contribution in [3.63, 3.8) is 0 Å². The number of carbonyl (C=O) groups is 2. The van der Waals surface area contributed by atoms with Crippen LogP contribution in [0, 0.1) is 5.92 Å². The minimum Gasteiger partial charge on any atom is -0.460 e. The molecule has 4 heteroatoms. The fourth-order valence-electron chi connectivity index (χ4n) is 4.82. The highest BCUT2D eigenvalue weighted by Gasteiger charge is 2.54. The molecule has 1 spiro atoms. The molecule has 126 valence electrons. The number of carbonyl (C=O) groups excluding carboxylic acids is 2. The molecule has 1 aromatic rings. The number of rotatable bonds is 3. The molecule has 2 aliphatic heterocycles. The number of allylic oxidation sites excluding steroid dienone is 1. The summed E-state index contributed by atoms with van der Waals surface area (Å²) in [6.07, 6.45) is 10.1. The standard InChI is InChI=1S/C20H23NO3/c22-18-10-13-21-16(9-12-20(21)11-5-4-8-17(18)20)14-24-19(23)15-6-2-1-3-7-15/h1-3,6-7,10,13,16-17H,4-5,8-9,11-12,14H2. The van der Waals surface area contributed by atoms with Crippen LogP contribution in [0.3, 0.4) is 0 Å². The van der Waals surface area contributed by atoms with Gasteiger partial charge in [-0.25, -0.2) is 4.79 Å². The summed E-state index contributed by atoms with van der Waals surface area (Å²) in [6.45, 7) is 0.390. The van der Waals surface area contributed by atoms with Crippen molar-refractivity contribution in [3.8, 4) is 0 Å². The largest absolute Gasteiger partial charge is 0.460 e. The topological polar surface area (TPSA) is 46.6 Å². The maximum atomic E-state index is 12.3. The van der Waals surface area contributed by atoms with Gasteiger partial charge >= 0.3 is 5.97 Å². The molecule has 1 saturated heterocycles. The van der Waals surface area contributed by atoms with Crippen LogP contribution in [0.1, 0.15) is 48.9 Å². The Kier molecular flexibility index (Phi) is 3.91. The highest BCUT2D eigenvalue weighted by molar-refractivity contribution is 5.94. The lowest BCUT2D eigenvalue weighted by Gasteiger charge is -2.50. The summed E-state index contributed by atoms with van der Waals surface area (Å²) in [6, 6.07) is 9.29. The average molecular weight is 325 g/mol. The first-order valence-corrected chi connectivity index (χ1v) is 8.93. The molecular weight excluding hydrogens is 302 g/mol. The van der Waals surface area contributed by atoms with Gasteiger partial charge in [-0.1, -0.05) is 31.0 Å². The molecule has 3 unspecified atom stereocenters. The zero-order chi connectivity index (χ0) is 16.6. The van der Waals surface area contributed by atoms with Gasteiger partial charge in [0.25, 0.3) is 0 Å². The fourth-order valence-corrected chi connectivity index (χ4v) is 4.82. The molecule has 0 radical (unpaired) electrons. The molecule has 0 N–H and O–H groups in total. The predicted octanol–water partition coefficient (Wildman–Crippen LogP) is 3.33. The van der Waals surface area contributed by atoms with Crippen molar-refractivity contribution in [2.45, 2.75) is 50.1 Å². The van der Waals surface area contributed by atoms with E-state index in [-0.39, 0.29) is 29.3 Å². The maximum absolute atomic E-state index is 12.3. The molecule has 4 nitrogen and oxygen atoms in total. The molecule has 3 atom stereocenters. The zero-order valence-corrected chi connectivity index (χ0v) is 13.8. The molecular formula is C20H23NO3. The van der Waals surface area contributed by atoms with Crippen molar-refractivity contribution in [2.75, 3.05) is 6.61 Å². The lowest BCUT2D eigenvalue weighted by Crippen LogP contribution is -2.56. The Morgan fingerprint density at radius 3 is 2.83 bits per heavy atom. The third-order valence-electron chi connectivity index (χ3n) is 5.98. The van der Waals surface area contributed by atoms with Crippen LogP contribution in [-0.2, 0) is 9.53 Å². The van der Waals surface area contributed by atoms with Gasteiger partial charge in [0.2, 0.25) is 0 Å². The molecule has 1 saturated carbocycles. The molecule has 1 aliphatic carbocycles. The number of esters is 1. The van der Waals surface area contributed by atoms with Gasteiger partial charge in [0.1, 0.15) is 6.61 Å². The summed E-state index contributed by atoms with van der Waals surface area (Å²) in [7, 11) is 0. The van der Waals surface area contributed by atoms with Crippen molar-refractivity contribution in [1.29, 1.82) is 0 Å². The minimum absolute atomic E-state index is 0.0199. The van der Waals surface area contributed by atoms with Gasteiger partial charge in [0.15, 0.2) is 5.78 Å². The number of hydrogen-bond donors (Lipinski definition) is 0. The Bertz CT molecular complexity index is 669. The zero-order valence-electron chi connectivity index (χ0n) is 13.8. The van der Waals surface area contributed by atoms with E-state index in [2.05, 4.69) is 4.90 Å². The second kappa shape index (κ2) is 6.08. The van der Waals surface area contributed by atoms with E-state index in [1.807, 2.05) is 24.4 Å². The number of ether oxygens (including phenoxy) is 1. The van der Waals surface area contributed by atoms with E-state index in [0.717, 1.165) is 32.1 Å². The Morgan fingerprint density at radius 2 is 2.00 bits per heavy atom. The lowest BCUT2D eigenvalue weighted by molar-refractivity contribution is -0.126. The third kappa shape index (κ3) is 2.45. The number of hydrogen-bond acceptors (Lipinski definition) is 4. The Labute approximate surface area is 142 Å². The van der Waals surface area contributed by atoms with E-state index in [9.17, 15) is 9.59 Å². The average Bonchev–Trinajstić information content (AvgIpc) is 2.98. The normalized spacial score (nSPS) is 31.5. The van der Waals surface area contributed by atoms with Gasteiger partial charge in [-0.05, 0) is 43.9 Å². The minimum atomic E-state index is -0.270. The predicted molar refractivity (Wildman–Crippen MR) is 90.4 cm³/mol. The number of ketones is 1. The van der Waals surface area contributed by atoms with Crippen LogP contribution >= 0.6 is 0 Å². The molecule has 0 aromatic heterocycles. The van der Waals surface area contributed by atoms with Crippen molar-refractivity contribution in [1.82, 2.24) is 4.90 Å². The van der Waals surface area contributed by atoms with Crippen molar-refractivity contribution >= 4 is 11.8 Å². The number of benzene rings is 1. The molecule has 2 fully saturated rings. The molecule has 2 heterocycles. The molecule has 24 heavy (non-hydrogen) atoms. The van der Waals surface area contributed by atoms with Gasteiger partial charge in [-0.2, -0.15) is 0 Å². The number of nitrogens with zero attached hydrogens (tertiary/aromatic N) is 1. The van der Waals surface area contributed by atoms with Gasteiger partial charge in [0, 0.05) is 12.1 Å². The van der Waals surface area contributed by atoms with E-state index >= 15 is 0 Å². The van der Waals surface area contributed by atoms with Crippen molar-refractivity contribution < 1.29 is 14.3 Å². The highest BCUT2D eigenvalue weighted by Crippen LogP contribution is 2.50. The van der Waals surface area contributed by atoms with Crippen LogP contribution in [-0.4, -0.2) is 34.8 Å². The van der Waals surface area contributed by atoms with Crippen LogP contribution in [0.25, 0.3) is 0 Å². The fraction of sp³-hybridized carbons (Fsp3) is 0.500. The quantitative estimate of drug-likeness (QED) is 0.800. The maximum Gasteiger partial charge on any atom is 0.338 e. The van der Waals surface area contributed by atoms with Crippen LogP contribution < -0.4 is 0 Å². The van der Waals surface area contributed by atoms with Crippen LogP contribution in [0.4, 0.5) is 0 Å². The summed E-state index contributed by atoms with van der Waals surface area (Å²) in [4.78, 5) is 26.9. The second-order valence-corrected chi connectivity index (χ2v) is 7.18. The second-order valence-electron chi connectivity index (χ2n) is 7.18. The third-order valence-corrected chi connectivity index (χ3v) is 5.98. The van der Waals surface area contributed by atoms with Gasteiger partial charge in [0.05, 0.1) is 17.1 Å². The summed E-state index contributed by atoms with van der Waals surface area (Å²) in [5.41, 5.74) is 0.568. The first kappa shape index (κ1) is 15.4. The van der Waals surface area contributed by atoms with E-state index in [0.29, 0.717) is 12.2 Å². The van der Waals surface area contributed by atoms with Gasteiger partial charge in [-0.3, -0.25) is 4.79 Å². The first-order valence-electron chi connectivity index (χ1n) is 8.93. The van der Waals surface area contributed by atoms with Crippen LogP contribution in [0.15, 0.2) is 42.6 Å². The van der Waals surface area contributed by atoms with E-state index in [4.69, 9.17) is 4.74 Å². The highest BCUT2D eigenvalue weighted by atomic mass is 16.5. The van der Waals surface area contributed by atoms with Crippen LogP contribution in [0.5, 0.6) is 0 Å². The Balaban J connectivity index is 1.47. The molecule has 4 rings (SSSR count). The Hall–Kier alpha value is -2.10. The molecule has 0 amide bonds. The van der Waals surface area contributed by atoms with Crippen molar-refractivity contribution in [2.24, 2.45) is 5.92 Å². The Morgan fingerprint density at radius 1 is 1.17 bits per heavy atom. The summed E-state index contributed by atoms with van der Waals surface area (Å²) < 4.78 is 5.56. The van der Waals surface area contributed by atoms with E-state index in [1.165, 1.54) is 6.42 Å². The smallest absolute Gasteiger partial charge is 0.338 e. The molecule has 0 bridgehead atoms. The molecule has 1 aromatic carbocycles. The summed E-state index contributed by atoms with van der Waals surface area (Å²) in [5.74, 6) is 0.146. The SMILES string of the molecule is O=C(OCC1CCC23CCCCC2C(=O)C=CN13)c1ccccc1. The summed E-state index contributed by atoms with van der Waals surface area (Å²) in [5, 5.41) is 0. The van der Waals surface area contributed by atoms with Gasteiger partial charge < -0.3 is 9.64 Å². The summed E-state index contributed by atoms with van der Waals surface area (Å²) >= 11 is 0. The lowest BCUT2D eigenvalue weighted by atomic mass is 9.68. The monoisotopic (exact) mass is 325 g/mol. The van der Waals surface area contributed by atoms with E-state index in [1.54, 1.807) is 18.2 Å². The van der Waals surface area contributed by atoms with Crippen LogP contribution in [0.2, 0.25) is 0 Å². The first-order chi connectivity index (χ1) is 11.7. The van der Waals surface area contributed by atoms with Crippen molar-refractivity contribution in [3.05, 3.63) is 48.2 Å².